The van der Waals surface area contributed by atoms with Crippen LogP contribution in [0.5, 0.6) is 6.01 Å². The van der Waals surface area contributed by atoms with E-state index in [1.54, 1.807) is 6.07 Å². The highest BCUT2D eigenvalue weighted by molar-refractivity contribution is 6.33. The van der Waals surface area contributed by atoms with Crippen molar-refractivity contribution in [2.24, 2.45) is 0 Å². The molecule has 4 aromatic rings. The Hall–Kier alpha value is -3.02. The number of ether oxygens (including phenoxy) is 3. The number of aliphatic hydroxyl groups excluding tert-OH is 1. The maximum Gasteiger partial charge on any atom is 0.296 e. The number of imidazole rings is 1. The van der Waals surface area contributed by atoms with Crippen LogP contribution in [0.15, 0.2) is 36.5 Å². The van der Waals surface area contributed by atoms with E-state index in [2.05, 4.69) is 31.6 Å². The molecule has 7 rings (SSSR count). The second-order valence-corrected chi connectivity index (χ2v) is 9.15. The summed E-state index contributed by atoms with van der Waals surface area (Å²) >= 11 is 6.57. The van der Waals surface area contributed by atoms with Gasteiger partial charge in [0, 0.05) is 30.4 Å². The van der Waals surface area contributed by atoms with Crippen molar-refractivity contribution in [2.45, 2.75) is 37.5 Å². The summed E-state index contributed by atoms with van der Waals surface area (Å²) in [5.74, 6) is 0. The monoisotopic (exact) mass is 480 g/mol. The van der Waals surface area contributed by atoms with E-state index in [-0.39, 0.29) is 24.9 Å². The molecular weight excluding hydrogens is 460 g/mol. The molecular formula is C23H21ClN6O4. The molecule has 6 heterocycles. The minimum Gasteiger partial charge on any atom is -0.456 e. The lowest BCUT2D eigenvalue weighted by Crippen LogP contribution is -2.34. The van der Waals surface area contributed by atoms with E-state index >= 15 is 0 Å². The van der Waals surface area contributed by atoms with Crippen LogP contribution in [0.4, 0.5) is 0 Å². The largest absolute Gasteiger partial charge is 0.456 e. The second-order valence-electron chi connectivity index (χ2n) is 8.75. The molecule has 10 nitrogen and oxygen atoms in total. The maximum atomic E-state index is 9.91. The van der Waals surface area contributed by atoms with E-state index in [1.807, 2.05) is 28.9 Å². The van der Waals surface area contributed by atoms with Gasteiger partial charge in [0.1, 0.15) is 18.3 Å². The van der Waals surface area contributed by atoms with Crippen molar-refractivity contribution in [2.75, 3.05) is 13.2 Å². The molecule has 2 saturated heterocycles. The number of aromatic nitrogens is 5. The zero-order valence-corrected chi connectivity index (χ0v) is 18.7. The number of benzene rings is 1. The molecule has 1 aromatic carbocycles. The third-order valence-corrected chi connectivity index (χ3v) is 6.83. The summed E-state index contributed by atoms with van der Waals surface area (Å²) in [4.78, 5) is 12.3. The summed E-state index contributed by atoms with van der Waals surface area (Å²) in [6.45, 7) is 2.23. The van der Waals surface area contributed by atoms with Gasteiger partial charge in [-0.05, 0) is 18.2 Å². The zero-order chi connectivity index (χ0) is 22.8. The first kappa shape index (κ1) is 20.4. The van der Waals surface area contributed by atoms with Crippen LogP contribution in [0.1, 0.15) is 11.3 Å². The zero-order valence-electron chi connectivity index (χ0n) is 17.9. The predicted octanol–water partition coefficient (Wildman–Crippen LogP) is 1.97. The highest BCUT2D eigenvalue weighted by atomic mass is 35.5. The third-order valence-electron chi connectivity index (χ3n) is 6.54. The average molecular weight is 481 g/mol. The molecule has 3 aromatic heterocycles. The van der Waals surface area contributed by atoms with Gasteiger partial charge in [0.05, 0.1) is 40.8 Å². The van der Waals surface area contributed by atoms with E-state index in [1.165, 1.54) is 5.56 Å². The van der Waals surface area contributed by atoms with Gasteiger partial charge in [0.2, 0.25) is 0 Å². The summed E-state index contributed by atoms with van der Waals surface area (Å²) in [6, 6.07) is 10.1. The van der Waals surface area contributed by atoms with Gasteiger partial charge in [0.15, 0.2) is 11.8 Å². The van der Waals surface area contributed by atoms with E-state index in [4.69, 9.17) is 25.8 Å². The number of rotatable bonds is 4. The van der Waals surface area contributed by atoms with Crippen molar-refractivity contribution in [3.05, 3.63) is 52.8 Å². The van der Waals surface area contributed by atoms with Crippen molar-refractivity contribution in [1.29, 1.82) is 0 Å². The first-order valence-corrected chi connectivity index (χ1v) is 11.5. The van der Waals surface area contributed by atoms with Crippen LogP contribution in [0.3, 0.4) is 0 Å². The first-order chi connectivity index (χ1) is 16.6. The number of pyridine rings is 1. The van der Waals surface area contributed by atoms with Crippen molar-refractivity contribution < 1.29 is 19.3 Å². The van der Waals surface area contributed by atoms with Crippen LogP contribution in [0, 0.1) is 0 Å². The molecule has 0 radical (unpaired) electrons. The van der Waals surface area contributed by atoms with Crippen LogP contribution in [-0.2, 0) is 22.6 Å². The fraction of sp³-hybridized carbons (Fsp3) is 0.348. The SMILES string of the molecule is O[C@@H]1COC2[C@H](Oc3nc4nc(-c5ccc(-n6cc7c(n6)CNC7)cc5)c(Cl)cc4[nH]3)CO[C@@H]21. The Labute approximate surface area is 198 Å². The molecule has 3 aliphatic heterocycles. The second kappa shape index (κ2) is 7.76. The van der Waals surface area contributed by atoms with E-state index in [0.29, 0.717) is 34.5 Å². The average Bonchev–Trinajstić information content (AvgIpc) is 3.62. The van der Waals surface area contributed by atoms with Gasteiger partial charge in [-0.2, -0.15) is 10.1 Å². The lowest BCUT2D eigenvalue weighted by Gasteiger charge is -2.15. The van der Waals surface area contributed by atoms with Crippen molar-refractivity contribution in [3.8, 4) is 23.0 Å². The van der Waals surface area contributed by atoms with E-state index < -0.39 is 6.10 Å². The molecule has 0 spiro atoms. The Morgan fingerprint density at radius 1 is 1.09 bits per heavy atom. The van der Waals surface area contributed by atoms with Crippen molar-refractivity contribution in [3.63, 3.8) is 0 Å². The fourth-order valence-electron chi connectivity index (χ4n) is 4.80. The van der Waals surface area contributed by atoms with Gasteiger partial charge in [-0.15, -0.1) is 0 Å². The topological polar surface area (TPSA) is 119 Å². The molecule has 174 valence electrons. The summed E-state index contributed by atoms with van der Waals surface area (Å²) in [7, 11) is 0. The highest BCUT2D eigenvalue weighted by Crippen LogP contribution is 2.32. The quantitative estimate of drug-likeness (QED) is 0.405. The summed E-state index contributed by atoms with van der Waals surface area (Å²) < 4.78 is 19.1. The molecule has 3 N–H and O–H groups in total. The van der Waals surface area contributed by atoms with Crippen LogP contribution in [-0.4, -0.2) is 67.5 Å². The molecule has 34 heavy (non-hydrogen) atoms. The number of halogens is 1. The molecule has 1 unspecified atom stereocenters. The number of hydrogen-bond acceptors (Lipinski definition) is 8. The van der Waals surface area contributed by atoms with Gasteiger partial charge in [0.25, 0.3) is 6.01 Å². The number of fused-ring (bicyclic) bond motifs is 3. The number of H-pyrrole nitrogens is 1. The molecule has 11 heteroatoms. The minimum absolute atomic E-state index is 0.245. The lowest BCUT2D eigenvalue weighted by atomic mass is 10.1. The van der Waals surface area contributed by atoms with Gasteiger partial charge in [-0.1, -0.05) is 23.7 Å². The van der Waals surface area contributed by atoms with E-state index in [0.717, 1.165) is 30.0 Å². The predicted molar refractivity (Wildman–Crippen MR) is 122 cm³/mol. The number of aromatic amines is 1. The third kappa shape index (κ3) is 3.29. The molecule has 3 aliphatic rings. The van der Waals surface area contributed by atoms with E-state index in [9.17, 15) is 5.11 Å². The maximum absolute atomic E-state index is 9.91. The first-order valence-electron chi connectivity index (χ1n) is 11.2. The van der Waals surface area contributed by atoms with Crippen molar-refractivity contribution in [1.82, 2.24) is 30.0 Å². The number of nitrogens with one attached hydrogen (secondary N) is 2. The van der Waals surface area contributed by atoms with Gasteiger partial charge in [-0.25, -0.2) is 9.67 Å². The van der Waals surface area contributed by atoms with Crippen LogP contribution >= 0.6 is 11.6 Å². The molecule has 2 fully saturated rings. The fourth-order valence-corrected chi connectivity index (χ4v) is 5.06. The Bertz CT molecular complexity index is 1360. The Morgan fingerprint density at radius 3 is 2.79 bits per heavy atom. The van der Waals surface area contributed by atoms with Crippen molar-refractivity contribution >= 4 is 22.8 Å². The smallest absolute Gasteiger partial charge is 0.296 e. The Morgan fingerprint density at radius 2 is 1.94 bits per heavy atom. The summed E-state index contributed by atoms with van der Waals surface area (Å²) in [5.41, 5.74) is 5.97. The lowest BCUT2D eigenvalue weighted by molar-refractivity contribution is 0.00706. The summed E-state index contributed by atoms with van der Waals surface area (Å²) in [6.07, 6.45) is 0.387. The molecule has 4 atom stereocenters. The Kier molecular flexibility index (Phi) is 4.64. The molecule has 0 bridgehead atoms. The number of nitrogens with zero attached hydrogens (tertiary/aromatic N) is 4. The standard InChI is InChI=1S/C23H21ClN6O4/c24-14-5-15-22(28-23(26-15)34-18-10-33-20-17(31)9-32-21(18)20)27-19(14)11-1-3-13(4-2-11)30-8-12-6-25-7-16(12)29-30/h1-5,8,17-18,20-21,25,31H,6-7,9-10H2,(H,26,27,28)/t17-,18-,20-,21?/m1/s1. The minimum atomic E-state index is -0.630. The van der Waals surface area contributed by atoms with Crippen LogP contribution < -0.4 is 10.1 Å². The highest BCUT2D eigenvalue weighted by Gasteiger charge is 2.48. The number of hydrogen-bond donors (Lipinski definition) is 3. The van der Waals surface area contributed by atoms with Gasteiger partial charge >= 0.3 is 0 Å². The molecule has 0 saturated carbocycles. The normalized spacial score (nSPS) is 25.7. The molecule has 0 amide bonds. The van der Waals surface area contributed by atoms with Gasteiger partial charge in [-0.3, -0.25) is 0 Å². The molecule has 0 aliphatic carbocycles. The van der Waals surface area contributed by atoms with Gasteiger partial charge < -0.3 is 29.6 Å². The Balaban J connectivity index is 1.14. The number of aliphatic hydroxyl groups is 1. The summed E-state index contributed by atoms with van der Waals surface area (Å²) in [5, 5.41) is 18.4. The van der Waals surface area contributed by atoms with Crippen LogP contribution in [0.2, 0.25) is 5.02 Å². The van der Waals surface area contributed by atoms with Crippen LogP contribution in [0.25, 0.3) is 28.1 Å².